The molecule has 3 aromatic rings. The van der Waals surface area contributed by atoms with Crippen LogP contribution in [0.25, 0.3) is 11.0 Å². The summed E-state index contributed by atoms with van der Waals surface area (Å²) in [7, 11) is 1.86. The SMILES string of the molecule is Cn1ccc(Cn2c(CCCl)nc3cc(F)c(Cl)cc32)n1. The van der Waals surface area contributed by atoms with Crippen LogP contribution >= 0.6 is 23.2 Å². The molecule has 3 rings (SSSR count). The van der Waals surface area contributed by atoms with E-state index >= 15 is 0 Å². The van der Waals surface area contributed by atoms with Gasteiger partial charge in [-0.2, -0.15) is 5.10 Å². The van der Waals surface area contributed by atoms with Crippen molar-refractivity contribution in [1.82, 2.24) is 19.3 Å². The first-order valence-corrected chi connectivity index (χ1v) is 7.38. The number of fused-ring (bicyclic) bond motifs is 1. The fourth-order valence-electron chi connectivity index (χ4n) is 2.33. The summed E-state index contributed by atoms with van der Waals surface area (Å²) in [6.07, 6.45) is 2.48. The third-order valence-electron chi connectivity index (χ3n) is 3.28. The number of aromatic nitrogens is 4. The van der Waals surface area contributed by atoms with E-state index in [0.717, 1.165) is 17.0 Å². The van der Waals surface area contributed by atoms with E-state index in [1.165, 1.54) is 6.07 Å². The van der Waals surface area contributed by atoms with E-state index in [2.05, 4.69) is 10.1 Å². The molecular formula is C14H13Cl2FN4. The standard InChI is InChI=1S/C14H13Cl2FN4/c1-20-5-3-9(19-20)8-21-13-6-10(16)11(17)7-12(13)18-14(21)2-4-15/h3,5-7H,2,4,8H2,1H3. The van der Waals surface area contributed by atoms with E-state index in [1.54, 1.807) is 10.7 Å². The van der Waals surface area contributed by atoms with Gasteiger partial charge in [-0.1, -0.05) is 11.6 Å². The lowest BCUT2D eigenvalue weighted by Crippen LogP contribution is -2.07. The Morgan fingerprint density at radius 3 is 2.81 bits per heavy atom. The lowest BCUT2D eigenvalue weighted by Gasteiger charge is -2.07. The second kappa shape index (κ2) is 5.66. The van der Waals surface area contributed by atoms with E-state index in [1.807, 2.05) is 23.9 Å². The fraction of sp³-hybridized carbons (Fsp3) is 0.286. The summed E-state index contributed by atoms with van der Waals surface area (Å²) >= 11 is 11.7. The van der Waals surface area contributed by atoms with Crippen LogP contribution in [0.3, 0.4) is 0 Å². The lowest BCUT2D eigenvalue weighted by molar-refractivity contribution is 0.629. The summed E-state index contributed by atoms with van der Waals surface area (Å²) in [6.45, 7) is 0.547. The number of hydrogen-bond donors (Lipinski definition) is 0. The highest BCUT2D eigenvalue weighted by Crippen LogP contribution is 2.25. The van der Waals surface area contributed by atoms with Gasteiger partial charge < -0.3 is 4.57 Å². The minimum absolute atomic E-state index is 0.0853. The van der Waals surface area contributed by atoms with Crippen molar-refractivity contribution in [3.8, 4) is 0 Å². The molecule has 21 heavy (non-hydrogen) atoms. The molecule has 2 heterocycles. The van der Waals surface area contributed by atoms with Gasteiger partial charge in [-0.3, -0.25) is 4.68 Å². The third kappa shape index (κ3) is 2.76. The molecule has 0 atom stereocenters. The van der Waals surface area contributed by atoms with E-state index in [-0.39, 0.29) is 5.02 Å². The summed E-state index contributed by atoms with van der Waals surface area (Å²) in [6, 6.07) is 4.88. The first kappa shape index (κ1) is 14.4. The number of aryl methyl sites for hydroxylation is 2. The van der Waals surface area contributed by atoms with Crippen molar-refractivity contribution in [2.24, 2.45) is 7.05 Å². The molecule has 0 N–H and O–H groups in total. The average molecular weight is 327 g/mol. The van der Waals surface area contributed by atoms with Gasteiger partial charge >= 0.3 is 0 Å². The molecular weight excluding hydrogens is 314 g/mol. The third-order valence-corrected chi connectivity index (χ3v) is 3.76. The minimum atomic E-state index is -0.468. The van der Waals surface area contributed by atoms with Crippen LogP contribution in [0.4, 0.5) is 4.39 Å². The summed E-state index contributed by atoms with van der Waals surface area (Å²) in [4.78, 5) is 4.45. The summed E-state index contributed by atoms with van der Waals surface area (Å²) in [5.74, 6) is 0.776. The van der Waals surface area contributed by atoms with Gasteiger partial charge in [0.25, 0.3) is 0 Å². The zero-order valence-corrected chi connectivity index (χ0v) is 12.9. The molecule has 0 amide bonds. The van der Waals surface area contributed by atoms with Crippen molar-refractivity contribution >= 4 is 34.2 Å². The van der Waals surface area contributed by atoms with Crippen LogP contribution in [0.15, 0.2) is 24.4 Å². The largest absolute Gasteiger partial charge is 0.322 e. The quantitative estimate of drug-likeness (QED) is 0.689. The predicted octanol–water partition coefficient (Wildman–Crippen LogP) is 3.39. The highest BCUT2D eigenvalue weighted by Gasteiger charge is 2.14. The molecule has 2 aromatic heterocycles. The van der Waals surface area contributed by atoms with Crippen LogP contribution in [0.2, 0.25) is 5.02 Å². The van der Waals surface area contributed by atoms with Gasteiger partial charge in [0.1, 0.15) is 11.6 Å². The van der Waals surface area contributed by atoms with Gasteiger partial charge in [0, 0.05) is 31.6 Å². The molecule has 110 valence electrons. The predicted molar refractivity (Wildman–Crippen MR) is 81.4 cm³/mol. The smallest absolute Gasteiger partial charge is 0.144 e. The van der Waals surface area contributed by atoms with E-state index in [9.17, 15) is 4.39 Å². The second-order valence-electron chi connectivity index (χ2n) is 4.79. The maximum Gasteiger partial charge on any atom is 0.144 e. The fourth-order valence-corrected chi connectivity index (χ4v) is 2.66. The molecule has 0 aliphatic rings. The Morgan fingerprint density at radius 1 is 1.33 bits per heavy atom. The number of benzene rings is 1. The van der Waals surface area contributed by atoms with E-state index < -0.39 is 5.82 Å². The summed E-state index contributed by atoms with van der Waals surface area (Å²) in [5, 5.41) is 4.45. The first-order valence-electron chi connectivity index (χ1n) is 6.47. The Balaban J connectivity index is 2.12. The van der Waals surface area contributed by atoms with Crippen LogP contribution in [0.1, 0.15) is 11.5 Å². The molecule has 0 saturated carbocycles. The number of nitrogens with zero attached hydrogens (tertiary/aromatic N) is 4. The first-order chi connectivity index (χ1) is 10.1. The Labute approximate surface area is 131 Å². The van der Waals surface area contributed by atoms with Crippen molar-refractivity contribution in [2.75, 3.05) is 5.88 Å². The van der Waals surface area contributed by atoms with Crippen molar-refractivity contribution in [1.29, 1.82) is 0 Å². The minimum Gasteiger partial charge on any atom is -0.322 e. The maximum atomic E-state index is 13.6. The van der Waals surface area contributed by atoms with Crippen LogP contribution in [0.5, 0.6) is 0 Å². The lowest BCUT2D eigenvalue weighted by atomic mass is 10.3. The van der Waals surface area contributed by atoms with Gasteiger partial charge in [0.15, 0.2) is 0 Å². The summed E-state index contributed by atoms with van der Waals surface area (Å²) < 4.78 is 17.3. The molecule has 0 spiro atoms. The molecule has 0 radical (unpaired) electrons. The van der Waals surface area contributed by atoms with Crippen LogP contribution in [-0.4, -0.2) is 25.2 Å². The highest BCUT2D eigenvalue weighted by atomic mass is 35.5. The monoisotopic (exact) mass is 326 g/mol. The Bertz CT molecular complexity index is 794. The Hall–Kier alpha value is -1.59. The summed E-state index contributed by atoms with van der Waals surface area (Å²) in [5.41, 5.74) is 2.26. The highest BCUT2D eigenvalue weighted by molar-refractivity contribution is 6.31. The average Bonchev–Trinajstić information content (AvgIpc) is 2.97. The van der Waals surface area contributed by atoms with Gasteiger partial charge in [-0.15, -0.1) is 11.6 Å². The zero-order valence-electron chi connectivity index (χ0n) is 11.4. The number of alkyl halides is 1. The van der Waals surface area contributed by atoms with Crippen LogP contribution in [0, 0.1) is 5.82 Å². The molecule has 0 aliphatic heterocycles. The number of hydrogen-bond acceptors (Lipinski definition) is 2. The molecule has 0 fully saturated rings. The van der Waals surface area contributed by atoms with Crippen molar-refractivity contribution in [2.45, 2.75) is 13.0 Å². The molecule has 7 heteroatoms. The van der Waals surface area contributed by atoms with Crippen molar-refractivity contribution in [3.05, 3.63) is 46.8 Å². The molecule has 1 aromatic carbocycles. The topological polar surface area (TPSA) is 35.6 Å². The molecule has 4 nitrogen and oxygen atoms in total. The van der Waals surface area contributed by atoms with Crippen LogP contribution in [-0.2, 0) is 20.0 Å². The molecule has 0 saturated heterocycles. The van der Waals surface area contributed by atoms with E-state index in [4.69, 9.17) is 23.2 Å². The number of rotatable bonds is 4. The van der Waals surface area contributed by atoms with Gasteiger partial charge in [0.2, 0.25) is 0 Å². The van der Waals surface area contributed by atoms with E-state index in [0.29, 0.717) is 24.4 Å². The number of imidazole rings is 1. The Morgan fingerprint density at radius 2 is 2.14 bits per heavy atom. The van der Waals surface area contributed by atoms with Gasteiger partial charge in [-0.25, -0.2) is 9.37 Å². The normalized spacial score (nSPS) is 11.4. The second-order valence-corrected chi connectivity index (χ2v) is 5.57. The maximum absolute atomic E-state index is 13.6. The van der Waals surface area contributed by atoms with Gasteiger partial charge in [-0.05, 0) is 12.1 Å². The number of halogens is 3. The van der Waals surface area contributed by atoms with Crippen molar-refractivity contribution < 1.29 is 4.39 Å². The molecule has 0 aliphatic carbocycles. The molecule has 0 bridgehead atoms. The van der Waals surface area contributed by atoms with Gasteiger partial charge in [0.05, 0.1) is 28.3 Å². The zero-order chi connectivity index (χ0) is 15.0. The van der Waals surface area contributed by atoms with Crippen molar-refractivity contribution in [3.63, 3.8) is 0 Å². The van der Waals surface area contributed by atoms with Crippen LogP contribution < -0.4 is 0 Å². The molecule has 0 unspecified atom stereocenters. The Kier molecular flexibility index (Phi) is 3.87.